The second-order valence-corrected chi connectivity index (χ2v) is 5.05. The van der Waals surface area contributed by atoms with Crippen molar-refractivity contribution in [2.45, 2.75) is 18.4 Å². The van der Waals surface area contributed by atoms with Gasteiger partial charge in [0.25, 0.3) is 10.0 Å². The van der Waals surface area contributed by atoms with Crippen LogP contribution < -0.4 is 4.72 Å². The predicted octanol–water partition coefficient (Wildman–Crippen LogP) is -0.378. The van der Waals surface area contributed by atoms with Crippen molar-refractivity contribution < 1.29 is 12.9 Å². The minimum absolute atomic E-state index is 0.0422. The van der Waals surface area contributed by atoms with Crippen molar-refractivity contribution in [3.63, 3.8) is 0 Å². The number of aromatic amines is 1. The lowest BCUT2D eigenvalue weighted by molar-refractivity contribution is 0.377. The highest BCUT2D eigenvalue weighted by molar-refractivity contribution is 7.89. The Bertz CT molecular complexity index is 574. The Morgan fingerprint density at radius 3 is 2.88 bits per heavy atom. The largest absolute Gasteiger partial charge is 0.340 e. The zero-order valence-electron chi connectivity index (χ0n) is 9.04. The van der Waals surface area contributed by atoms with Gasteiger partial charge in [-0.25, -0.2) is 18.1 Å². The van der Waals surface area contributed by atoms with E-state index in [1.165, 1.54) is 12.5 Å². The van der Waals surface area contributed by atoms with E-state index in [-0.39, 0.29) is 11.6 Å². The number of rotatable bonds is 5. The molecule has 0 bridgehead atoms. The van der Waals surface area contributed by atoms with Crippen LogP contribution in [0.5, 0.6) is 0 Å². The Kier molecular flexibility index (Phi) is 3.20. The van der Waals surface area contributed by atoms with Gasteiger partial charge in [0.1, 0.15) is 5.82 Å². The Balaban J connectivity index is 1.94. The molecule has 0 saturated carbocycles. The summed E-state index contributed by atoms with van der Waals surface area (Å²) in [6, 6.07) is 0. The molecule has 92 valence electrons. The van der Waals surface area contributed by atoms with Gasteiger partial charge in [0.15, 0.2) is 11.4 Å². The normalized spacial score (nSPS) is 11.8. The van der Waals surface area contributed by atoms with Gasteiger partial charge in [-0.05, 0) is 6.92 Å². The number of H-pyrrole nitrogens is 1. The molecule has 17 heavy (non-hydrogen) atoms. The second kappa shape index (κ2) is 4.63. The Hall–Kier alpha value is -1.74. The number of aromatic nitrogens is 4. The molecule has 0 atom stereocenters. The van der Waals surface area contributed by atoms with Crippen LogP contribution >= 0.6 is 0 Å². The van der Waals surface area contributed by atoms with E-state index in [9.17, 15) is 8.42 Å². The molecule has 0 saturated heterocycles. The van der Waals surface area contributed by atoms with Crippen LogP contribution in [0.3, 0.4) is 0 Å². The average molecular weight is 257 g/mol. The molecule has 0 radical (unpaired) electrons. The third-order valence-electron chi connectivity index (χ3n) is 2.01. The molecule has 0 aliphatic heterocycles. The number of hydrogen-bond donors (Lipinski definition) is 2. The van der Waals surface area contributed by atoms with E-state index >= 15 is 0 Å². The van der Waals surface area contributed by atoms with Crippen LogP contribution in [0, 0.1) is 6.92 Å². The molecule has 2 aromatic heterocycles. The number of nitrogens with zero attached hydrogens (tertiary/aromatic N) is 3. The molecule has 0 unspecified atom stereocenters. The number of aryl methyl sites for hydroxylation is 1. The molecule has 2 N–H and O–H groups in total. The van der Waals surface area contributed by atoms with Crippen molar-refractivity contribution in [1.82, 2.24) is 24.8 Å². The monoisotopic (exact) mass is 257 g/mol. The highest BCUT2D eigenvalue weighted by Crippen LogP contribution is 2.04. The molecule has 0 aromatic carbocycles. The average Bonchev–Trinajstić information content (AvgIpc) is 2.89. The van der Waals surface area contributed by atoms with Gasteiger partial charge < -0.3 is 9.51 Å². The van der Waals surface area contributed by atoms with Gasteiger partial charge in [-0.15, -0.1) is 0 Å². The van der Waals surface area contributed by atoms with E-state index in [4.69, 9.17) is 4.52 Å². The van der Waals surface area contributed by atoms with Gasteiger partial charge in [0.2, 0.25) is 5.89 Å². The van der Waals surface area contributed by atoms with Crippen LogP contribution in [0.15, 0.2) is 22.1 Å². The number of nitrogens with one attached hydrogen (secondary N) is 2. The van der Waals surface area contributed by atoms with Crippen LogP contribution in [-0.2, 0) is 16.4 Å². The maximum absolute atomic E-state index is 11.7. The highest BCUT2D eigenvalue weighted by Gasteiger charge is 2.16. The van der Waals surface area contributed by atoms with Crippen LogP contribution in [0.1, 0.15) is 11.7 Å². The predicted molar refractivity (Wildman–Crippen MR) is 56.5 cm³/mol. The van der Waals surface area contributed by atoms with Crippen molar-refractivity contribution in [1.29, 1.82) is 0 Å². The minimum atomic E-state index is -3.55. The summed E-state index contributed by atoms with van der Waals surface area (Å²) in [7, 11) is -3.55. The topological polar surface area (TPSA) is 114 Å². The summed E-state index contributed by atoms with van der Waals surface area (Å²) in [4.78, 5) is 10.3. The van der Waals surface area contributed by atoms with Gasteiger partial charge in [0, 0.05) is 13.0 Å². The van der Waals surface area contributed by atoms with Crippen molar-refractivity contribution in [3.05, 3.63) is 24.2 Å². The zero-order valence-corrected chi connectivity index (χ0v) is 9.86. The summed E-state index contributed by atoms with van der Waals surface area (Å²) < 4.78 is 30.6. The van der Waals surface area contributed by atoms with Crippen molar-refractivity contribution in [2.24, 2.45) is 0 Å². The van der Waals surface area contributed by atoms with Gasteiger partial charge in [-0.2, -0.15) is 4.98 Å². The Morgan fingerprint density at radius 2 is 2.29 bits per heavy atom. The Morgan fingerprint density at radius 1 is 1.47 bits per heavy atom. The van der Waals surface area contributed by atoms with Crippen LogP contribution in [0.2, 0.25) is 0 Å². The third kappa shape index (κ3) is 2.88. The highest BCUT2D eigenvalue weighted by atomic mass is 32.2. The summed E-state index contributed by atoms with van der Waals surface area (Å²) in [6.07, 6.45) is 2.87. The quantitative estimate of drug-likeness (QED) is 0.754. The molecule has 8 nitrogen and oxygen atoms in total. The van der Waals surface area contributed by atoms with Crippen LogP contribution in [0.25, 0.3) is 0 Å². The molecule has 0 amide bonds. The lowest BCUT2D eigenvalue weighted by Crippen LogP contribution is -2.26. The van der Waals surface area contributed by atoms with Crippen LogP contribution in [0.4, 0.5) is 0 Å². The molecule has 9 heteroatoms. The third-order valence-corrected chi connectivity index (χ3v) is 3.38. The molecule has 2 heterocycles. The van der Waals surface area contributed by atoms with Crippen LogP contribution in [-0.4, -0.2) is 35.1 Å². The molecular weight excluding hydrogens is 246 g/mol. The number of imidazole rings is 1. The maximum Gasteiger partial charge on any atom is 0.257 e. The fraction of sp³-hybridized carbons (Fsp3) is 0.375. The zero-order chi connectivity index (χ0) is 12.3. The first-order valence-corrected chi connectivity index (χ1v) is 6.33. The van der Waals surface area contributed by atoms with E-state index < -0.39 is 10.0 Å². The lowest BCUT2D eigenvalue weighted by Gasteiger charge is -2.02. The van der Waals surface area contributed by atoms with E-state index in [1.807, 2.05) is 0 Å². The van der Waals surface area contributed by atoms with E-state index in [1.54, 1.807) is 6.92 Å². The first kappa shape index (κ1) is 11.7. The molecule has 0 aliphatic carbocycles. The molecule has 0 fully saturated rings. The van der Waals surface area contributed by atoms with Gasteiger partial charge in [-0.3, -0.25) is 0 Å². The van der Waals surface area contributed by atoms with E-state index in [0.29, 0.717) is 18.1 Å². The standard InChI is InChI=1S/C8H11N5O3S/c1-6-9-4-8(13-6)17(14,15)12-3-2-7-10-5-11-16-7/h4-5,12H,2-3H2,1H3,(H,9,13). The molecule has 0 aliphatic rings. The van der Waals surface area contributed by atoms with Crippen molar-refractivity contribution >= 4 is 10.0 Å². The van der Waals surface area contributed by atoms with Crippen molar-refractivity contribution in [2.75, 3.05) is 6.54 Å². The fourth-order valence-electron chi connectivity index (χ4n) is 1.21. The number of hydrogen-bond acceptors (Lipinski definition) is 6. The smallest absolute Gasteiger partial charge is 0.257 e. The Labute approximate surface area is 97.5 Å². The second-order valence-electron chi connectivity index (χ2n) is 3.32. The lowest BCUT2D eigenvalue weighted by atomic mass is 10.4. The fourth-order valence-corrected chi connectivity index (χ4v) is 2.21. The van der Waals surface area contributed by atoms with Gasteiger partial charge in [-0.1, -0.05) is 5.16 Å². The van der Waals surface area contributed by atoms with Gasteiger partial charge in [0.05, 0.1) is 6.20 Å². The molecule has 2 rings (SSSR count). The molecule has 2 aromatic rings. The first-order chi connectivity index (χ1) is 8.08. The molecular formula is C8H11N5O3S. The molecule has 0 spiro atoms. The summed E-state index contributed by atoms with van der Waals surface area (Å²) >= 11 is 0. The maximum atomic E-state index is 11.7. The van der Waals surface area contributed by atoms with Crippen molar-refractivity contribution in [3.8, 4) is 0 Å². The van der Waals surface area contributed by atoms with Gasteiger partial charge >= 0.3 is 0 Å². The summed E-state index contributed by atoms with van der Waals surface area (Å²) in [5, 5.41) is 3.46. The minimum Gasteiger partial charge on any atom is -0.340 e. The van der Waals surface area contributed by atoms with E-state index in [2.05, 4.69) is 24.8 Å². The summed E-state index contributed by atoms with van der Waals surface area (Å²) in [5.41, 5.74) is 0. The van der Waals surface area contributed by atoms with E-state index in [0.717, 1.165) is 0 Å². The SMILES string of the molecule is Cc1ncc(S(=O)(=O)NCCc2ncno2)[nH]1. The summed E-state index contributed by atoms with van der Waals surface area (Å²) in [6.45, 7) is 1.86. The first-order valence-electron chi connectivity index (χ1n) is 4.85. The summed E-state index contributed by atoms with van der Waals surface area (Å²) in [5.74, 6) is 0.927. The number of sulfonamides is 1.